The molecule has 0 saturated carbocycles. The summed E-state index contributed by atoms with van der Waals surface area (Å²) in [6.07, 6.45) is 1.90. The minimum absolute atomic E-state index is 0.250. The average Bonchev–Trinajstić information content (AvgIpc) is 2.08. The number of hydrogen-bond donors (Lipinski definition) is 0. The van der Waals surface area contributed by atoms with Crippen LogP contribution in [0.5, 0.6) is 5.75 Å². The highest BCUT2D eigenvalue weighted by atomic mass is 19.1. The van der Waals surface area contributed by atoms with Crippen molar-refractivity contribution in [2.75, 3.05) is 6.61 Å². The van der Waals surface area contributed by atoms with E-state index in [0.717, 1.165) is 5.57 Å². The van der Waals surface area contributed by atoms with Crippen molar-refractivity contribution in [3.05, 3.63) is 41.7 Å². The number of allylic oxidation sites excluding steroid dienone is 1. The smallest absolute Gasteiger partial charge is 0.172 e. The fourth-order valence-electron chi connectivity index (χ4n) is 0.811. The first-order valence-corrected chi connectivity index (χ1v) is 4.12. The molecule has 0 heterocycles. The molecule has 0 saturated heterocycles. The van der Waals surface area contributed by atoms with E-state index in [-0.39, 0.29) is 5.75 Å². The van der Waals surface area contributed by atoms with Gasteiger partial charge in [0.2, 0.25) is 0 Å². The molecule has 0 aromatic heterocycles. The second kappa shape index (κ2) is 4.65. The van der Waals surface area contributed by atoms with Crippen LogP contribution in [0.2, 0.25) is 0 Å². The molecule has 0 amide bonds. The highest BCUT2D eigenvalue weighted by Gasteiger charge is 1.99. The number of benzene rings is 1. The molecule has 0 N–H and O–H groups in total. The summed E-state index contributed by atoms with van der Waals surface area (Å²) in [5, 5.41) is 0. The first kappa shape index (κ1) is 9.78. The average molecular weight is 179 g/mol. The van der Waals surface area contributed by atoms with Crippen LogP contribution in [0.3, 0.4) is 0 Å². The molecule has 1 aromatic rings. The van der Waals surface area contributed by atoms with Gasteiger partial charge in [0.15, 0.2) is 11.6 Å². The van der Waals surface area contributed by atoms with Crippen LogP contribution in [-0.4, -0.2) is 6.61 Å². The number of hydrogen-bond acceptors (Lipinski definition) is 1. The van der Waals surface area contributed by atoms with Gasteiger partial charge in [-0.15, -0.1) is 0 Å². The van der Waals surface area contributed by atoms with E-state index in [1.165, 1.54) is 6.07 Å². The topological polar surface area (TPSA) is 9.23 Å². The van der Waals surface area contributed by atoms with E-state index in [0.29, 0.717) is 6.61 Å². The van der Waals surface area contributed by atoms with Crippen molar-refractivity contribution in [3.63, 3.8) is 0 Å². The number of halogens is 1. The van der Waals surface area contributed by atoms with Crippen molar-refractivity contribution in [2.45, 2.75) is 13.8 Å². The number of rotatable bonds is 3. The van der Waals surface area contributed by atoms with E-state index in [9.17, 15) is 4.39 Å². The summed E-state index contributed by atoms with van der Waals surface area (Å²) in [4.78, 5) is 0. The normalized spacial score (nSPS) is 9.46. The molecule has 1 aromatic carbocycles. The summed E-state index contributed by atoms with van der Waals surface area (Å²) in [6, 6.07) is 7.23. The van der Waals surface area contributed by atoms with Gasteiger partial charge in [-0.2, -0.15) is 0 Å². The molecular formula is C11H12FO. The van der Waals surface area contributed by atoms with Crippen LogP contribution in [0.4, 0.5) is 4.39 Å². The van der Waals surface area contributed by atoms with Gasteiger partial charge in [0.25, 0.3) is 0 Å². The minimum Gasteiger partial charge on any atom is -0.486 e. The first-order chi connectivity index (χ1) is 6.20. The Balaban J connectivity index is 2.55. The van der Waals surface area contributed by atoms with Crippen molar-refractivity contribution in [1.29, 1.82) is 0 Å². The minimum atomic E-state index is -0.440. The molecule has 1 rings (SSSR count). The van der Waals surface area contributed by atoms with E-state index in [1.54, 1.807) is 12.1 Å². The number of ether oxygens (including phenoxy) is 1. The zero-order valence-corrected chi connectivity index (χ0v) is 7.80. The van der Waals surface area contributed by atoms with Crippen LogP contribution in [0.25, 0.3) is 0 Å². The monoisotopic (exact) mass is 179 g/mol. The van der Waals surface area contributed by atoms with E-state index >= 15 is 0 Å². The van der Waals surface area contributed by atoms with Crippen LogP contribution in [-0.2, 0) is 0 Å². The highest BCUT2D eigenvalue weighted by Crippen LogP contribution is 2.14. The van der Waals surface area contributed by atoms with Crippen molar-refractivity contribution >= 4 is 0 Å². The quantitative estimate of drug-likeness (QED) is 0.648. The third-order valence-corrected chi connectivity index (χ3v) is 1.50. The Morgan fingerprint density at radius 2 is 2.38 bits per heavy atom. The molecule has 0 aliphatic heterocycles. The van der Waals surface area contributed by atoms with E-state index < -0.39 is 5.82 Å². The van der Waals surface area contributed by atoms with Crippen LogP contribution in [0.15, 0.2) is 29.8 Å². The second-order valence-electron chi connectivity index (χ2n) is 2.94. The molecule has 1 radical (unpaired) electrons. The fourth-order valence-corrected chi connectivity index (χ4v) is 0.811. The Labute approximate surface area is 77.8 Å². The van der Waals surface area contributed by atoms with Crippen LogP contribution < -0.4 is 4.74 Å². The third kappa shape index (κ3) is 3.28. The van der Waals surface area contributed by atoms with Crippen molar-refractivity contribution < 1.29 is 9.13 Å². The van der Waals surface area contributed by atoms with Gasteiger partial charge in [-0.05, 0) is 26.0 Å². The van der Waals surface area contributed by atoms with Gasteiger partial charge in [0.05, 0.1) is 0 Å². The Morgan fingerprint density at radius 1 is 1.62 bits per heavy atom. The van der Waals surface area contributed by atoms with Gasteiger partial charge in [-0.25, -0.2) is 4.39 Å². The Kier molecular flexibility index (Phi) is 3.50. The maximum Gasteiger partial charge on any atom is 0.172 e. The fraction of sp³-hybridized carbons (Fsp3) is 0.273. The Bertz CT molecular complexity index is 301. The van der Waals surface area contributed by atoms with Crippen molar-refractivity contribution in [2.24, 2.45) is 0 Å². The molecule has 0 unspecified atom stereocenters. The van der Waals surface area contributed by atoms with Gasteiger partial charge in [0.1, 0.15) is 6.61 Å². The van der Waals surface area contributed by atoms with Crippen LogP contribution in [0.1, 0.15) is 13.8 Å². The first-order valence-electron chi connectivity index (χ1n) is 4.12. The van der Waals surface area contributed by atoms with Crippen molar-refractivity contribution in [3.8, 4) is 5.75 Å². The summed E-state index contributed by atoms with van der Waals surface area (Å²) < 4.78 is 18.1. The Hall–Kier alpha value is -1.31. The van der Waals surface area contributed by atoms with Crippen LogP contribution >= 0.6 is 0 Å². The van der Waals surface area contributed by atoms with Gasteiger partial charge in [-0.1, -0.05) is 17.7 Å². The predicted molar refractivity (Wildman–Crippen MR) is 50.2 cm³/mol. The molecule has 69 valence electrons. The summed E-state index contributed by atoms with van der Waals surface area (Å²) in [6.45, 7) is 4.34. The molecule has 0 bridgehead atoms. The van der Waals surface area contributed by atoms with Gasteiger partial charge in [-0.3, -0.25) is 0 Å². The van der Waals surface area contributed by atoms with E-state index in [4.69, 9.17) is 4.74 Å². The van der Waals surface area contributed by atoms with E-state index in [1.807, 2.05) is 19.9 Å². The zero-order valence-electron chi connectivity index (χ0n) is 7.80. The second-order valence-corrected chi connectivity index (χ2v) is 2.94. The molecule has 13 heavy (non-hydrogen) atoms. The predicted octanol–water partition coefficient (Wildman–Crippen LogP) is 2.97. The molecule has 0 fully saturated rings. The van der Waals surface area contributed by atoms with Gasteiger partial charge in [0, 0.05) is 6.07 Å². The van der Waals surface area contributed by atoms with Gasteiger partial charge < -0.3 is 4.74 Å². The van der Waals surface area contributed by atoms with Gasteiger partial charge >= 0.3 is 0 Å². The molecule has 0 aliphatic carbocycles. The summed E-state index contributed by atoms with van der Waals surface area (Å²) in [5.74, 6) is -0.190. The molecular weight excluding hydrogens is 167 g/mol. The standard InChI is InChI=1S/C11H12FO/c1-9(2)7-8-13-11-6-4-3-5-10(11)12/h3-4,6-7H,8H2,1-2H3. The summed E-state index contributed by atoms with van der Waals surface area (Å²) in [7, 11) is 0. The Morgan fingerprint density at radius 3 is 3.00 bits per heavy atom. The zero-order chi connectivity index (χ0) is 9.68. The lowest BCUT2D eigenvalue weighted by molar-refractivity contribution is 0.340. The third-order valence-electron chi connectivity index (χ3n) is 1.50. The molecule has 2 heteroatoms. The van der Waals surface area contributed by atoms with Crippen LogP contribution in [0, 0.1) is 11.9 Å². The molecule has 0 spiro atoms. The molecule has 0 aliphatic rings. The molecule has 1 nitrogen and oxygen atoms in total. The maximum absolute atomic E-state index is 12.9. The lowest BCUT2D eigenvalue weighted by atomic mass is 10.3. The lowest BCUT2D eigenvalue weighted by Crippen LogP contribution is -1.96. The molecule has 0 atom stereocenters. The highest BCUT2D eigenvalue weighted by molar-refractivity contribution is 5.22. The van der Waals surface area contributed by atoms with E-state index in [2.05, 4.69) is 6.07 Å². The maximum atomic E-state index is 12.9. The SMILES string of the molecule is CC(C)=CCOc1ccc[c]c1F. The largest absolute Gasteiger partial charge is 0.486 e. The lowest BCUT2D eigenvalue weighted by Gasteiger charge is -2.03. The summed E-state index contributed by atoms with van der Waals surface area (Å²) >= 11 is 0. The van der Waals surface area contributed by atoms with Crippen molar-refractivity contribution in [1.82, 2.24) is 0 Å². The summed E-state index contributed by atoms with van der Waals surface area (Å²) in [5.41, 5.74) is 1.15.